The second-order valence-corrected chi connectivity index (χ2v) is 3.43. The molecular weight excluding hydrogens is 208 g/mol. The Balaban J connectivity index is 2.73. The van der Waals surface area contributed by atoms with Gasteiger partial charge in [0, 0.05) is 11.3 Å². The fourth-order valence-electron chi connectivity index (χ4n) is 1.48. The highest BCUT2D eigenvalue weighted by molar-refractivity contribution is 6.05. The topological polar surface area (TPSA) is 72.1 Å². The van der Waals surface area contributed by atoms with E-state index in [-0.39, 0.29) is 18.8 Å². The van der Waals surface area contributed by atoms with Crippen molar-refractivity contribution < 1.29 is 14.3 Å². The van der Waals surface area contributed by atoms with E-state index in [9.17, 15) is 9.59 Å². The van der Waals surface area contributed by atoms with E-state index in [0.717, 1.165) is 17.7 Å². The van der Waals surface area contributed by atoms with Crippen LogP contribution in [0.3, 0.4) is 0 Å². The molecule has 1 rings (SSSR count). The summed E-state index contributed by atoms with van der Waals surface area (Å²) in [6.45, 7) is 5.78. The Kier molecular flexibility index (Phi) is 4.22. The van der Waals surface area contributed by atoms with Crippen molar-refractivity contribution in [2.45, 2.75) is 33.6 Å². The quantitative estimate of drug-likeness (QED) is 0.466. The number of H-pyrrole nitrogens is 1. The van der Waals surface area contributed by atoms with Crippen molar-refractivity contribution >= 4 is 11.8 Å². The van der Waals surface area contributed by atoms with E-state index in [4.69, 9.17) is 4.74 Å². The van der Waals surface area contributed by atoms with Crippen LogP contribution in [-0.4, -0.2) is 28.6 Å². The molecule has 1 heterocycles. The van der Waals surface area contributed by atoms with Crippen molar-refractivity contribution in [1.29, 1.82) is 0 Å². The highest BCUT2D eigenvalue weighted by Crippen LogP contribution is 2.12. The van der Waals surface area contributed by atoms with E-state index in [1.807, 2.05) is 13.8 Å². The van der Waals surface area contributed by atoms with E-state index in [2.05, 4.69) is 10.2 Å². The van der Waals surface area contributed by atoms with Gasteiger partial charge in [-0.05, 0) is 20.3 Å². The molecule has 0 unspecified atom stereocenters. The van der Waals surface area contributed by atoms with Gasteiger partial charge in [-0.2, -0.15) is 5.10 Å². The highest BCUT2D eigenvalue weighted by atomic mass is 16.5. The zero-order valence-electron chi connectivity index (χ0n) is 9.79. The molecule has 0 aliphatic heterocycles. The first kappa shape index (κ1) is 12.4. The largest absolute Gasteiger partial charge is 0.466 e. The van der Waals surface area contributed by atoms with Crippen LogP contribution in [0.25, 0.3) is 0 Å². The number of ketones is 1. The van der Waals surface area contributed by atoms with E-state index in [0.29, 0.717) is 5.69 Å². The van der Waals surface area contributed by atoms with Crippen molar-refractivity contribution in [2.75, 3.05) is 6.61 Å². The number of Topliss-reactive ketones (excluding diaryl/α,β-unsaturated/α-hetero) is 1. The number of aromatic nitrogens is 2. The summed E-state index contributed by atoms with van der Waals surface area (Å²) >= 11 is 0. The molecule has 0 aliphatic carbocycles. The first-order chi connectivity index (χ1) is 7.60. The number of ether oxygens (including phenoxy) is 1. The molecule has 1 aromatic rings. The lowest BCUT2D eigenvalue weighted by Crippen LogP contribution is -2.12. The van der Waals surface area contributed by atoms with E-state index in [1.54, 1.807) is 6.92 Å². The Bertz CT molecular complexity index is 396. The van der Waals surface area contributed by atoms with Gasteiger partial charge in [0.1, 0.15) is 12.1 Å². The van der Waals surface area contributed by atoms with E-state index < -0.39 is 5.97 Å². The van der Waals surface area contributed by atoms with Gasteiger partial charge in [-0.25, -0.2) is 0 Å². The molecule has 0 amide bonds. The van der Waals surface area contributed by atoms with Crippen molar-refractivity contribution in [3.63, 3.8) is 0 Å². The van der Waals surface area contributed by atoms with Crippen LogP contribution in [0.2, 0.25) is 0 Å². The molecule has 0 saturated heterocycles. The monoisotopic (exact) mass is 224 g/mol. The van der Waals surface area contributed by atoms with E-state index in [1.165, 1.54) is 0 Å². The summed E-state index contributed by atoms with van der Waals surface area (Å²) in [5, 5.41) is 6.70. The van der Waals surface area contributed by atoms with Gasteiger partial charge in [-0.1, -0.05) is 6.92 Å². The molecule has 0 bridgehead atoms. The molecule has 0 atom stereocenters. The molecule has 0 fully saturated rings. The van der Waals surface area contributed by atoms with Crippen molar-refractivity contribution in [2.24, 2.45) is 0 Å². The normalized spacial score (nSPS) is 10.2. The molecule has 0 spiro atoms. The number of hydrogen-bond donors (Lipinski definition) is 1. The maximum Gasteiger partial charge on any atom is 0.313 e. The van der Waals surface area contributed by atoms with Crippen LogP contribution in [0.15, 0.2) is 0 Å². The summed E-state index contributed by atoms with van der Waals surface area (Å²) in [5.74, 6) is -0.806. The van der Waals surface area contributed by atoms with Crippen LogP contribution in [0, 0.1) is 6.92 Å². The molecular formula is C11H16N2O3. The maximum absolute atomic E-state index is 11.7. The van der Waals surface area contributed by atoms with Crippen molar-refractivity contribution in [3.05, 3.63) is 17.0 Å². The molecule has 5 nitrogen and oxygen atoms in total. The maximum atomic E-state index is 11.7. The third-order valence-corrected chi connectivity index (χ3v) is 2.34. The van der Waals surface area contributed by atoms with Gasteiger partial charge in [-0.3, -0.25) is 14.7 Å². The summed E-state index contributed by atoms with van der Waals surface area (Å²) in [6.07, 6.45) is 0.536. The number of esters is 1. The Hall–Kier alpha value is -1.65. The predicted molar refractivity (Wildman–Crippen MR) is 58.3 cm³/mol. The molecule has 1 aromatic heterocycles. The van der Waals surface area contributed by atoms with Crippen LogP contribution in [0.5, 0.6) is 0 Å². The zero-order chi connectivity index (χ0) is 12.1. The SMILES string of the molecule is CCOC(=O)CC(=O)c1n[nH]c(CC)c1C. The number of rotatable bonds is 5. The van der Waals surface area contributed by atoms with Gasteiger partial charge in [0.05, 0.1) is 6.61 Å². The number of hydrogen-bond acceptors (Lipinski definition) is 4. The number of nitrogens with zero attached hydrogens (tertiary/aromatic N) is 1. The smallest absolute Gasteiger partial charge is 0.313 e. The average molecular weight is 224 g/mol. The molecule has 5 heteroatoms. The lowest BCUT2D eigenvalue weighted by molar-refractivity contribution is -0.141. The number of aromatic amines is 1. The minimum Gasteiger partial charge on any atom is -0.466 e. The fraction of sp³-hybridized carbons (Fsp3) is 0.545. The summed E-state index contributed by atoms with van der Waals surface area (Å²) in [4.78, 5) is 22.8. The Morgan fingerprint density at radius 2 is 2.06 bits per heavy atom. The minimum absolute atomic E-state index is 0.247. The minimum atomic E-state index is -0.507. The van der Waals surface area contributed by atoms with Crippen molar-refractivity contribution in [3.8, 4) is 0 Å². The number of aryl methyl sites for hydroxylation is 1. The molecule has 0 radical (unpaired) electrons. The van der Waals surface area contributed by atoms with Crippen molar-refractivity contribution in [1.82, 2.24) is 10.2 Å². The van der Waals surface area contributed by atoms with E-state index >= 15 is 0 Å². The number of nitrogens with one attached hydrogen (secondary N) is 1. The second kappa shape index (κ2) is 5.44. The van der Waals surface area contributed by atoms with Gasteiger partial charge in [0.25, 0.3) is 0 Å². The molecule has 0 aliphatic rings. The first-order valence-electron chi connectivity index (χ1n) is 5.32. The molecule has 88 valence electrons. The summed E-state index contributed by atoms with van der Waals surface area (Å²) in [5.41, 5.74) is 2.08. The van der Waals surface area contributed by atoms with Gasteiger partial charge < -0.3 is 4.74 Å². The molecule has 0 aromatic carbocycles. The van der Waals surface area contributed by atoms with Gasteiger partial charge >= 0.3 is 5.97 Å². The lowest BCUT2D eigenvalue weighted by Gasteiger charge is -2.00. The fourth-order valence-corrected chi connectivity index (χ4v) is 1.48. The molecule has 0 saturated carbocycles. The Morgan fingerprint density at radius 3 is 2.56 bits per heavy atom. The molecule has 1 N–H and O–H groups in total. The lowest BCUT2D eigenvalue weighted by atomic mass is 10.1. The van der Waals surface area contributed by atoms with Gasteiger partial charge in [0.2, 0.25) is 0 Å². The first-order valence-corrected chi connectivity index (χ1v) is 5.32. The van der Waals surface area contributed by atoms with Crippen LogP contribution < -0.4 is 0 Å². The summed E-state index contributed by atoms with van der Waals surface area (Å²) in [7, 11) is 0. The number of carbonyl (C=O) groups is 2. The third kappa shape index (κ3) is 2.68. The zero-order valence-corrected chi connectivity index (χ0v) is 9.79. The third-order valence-electron chi connectivity index (χ3n) is 2.34. The summed E-state index contributed by atoms with van der Waals surface area (Å²) in [6, 6.07) is 0. The van der Waals surface area contributed by atoms with Crippen LogP contribution in [0.4, 0.5) is 0 Å². The van der Waals surface area contributed by atoms with Crippen LogP contribution >= 0.6 is 0 Å². The van der Waals surface area contributed by atoms with Gasteiger partial charge in [0.15, 0.2) is 5.78 Å². The average Bonchev–Trinajstić information content (AvgIpc) is 2.59. The van der Waals surface area contributed by atoms with Crippen LogP contribution in [-0.2, 0) is 16.0 Å². The summed E-state index contributed by atoms with van der Waals surface area (Å²) < 4.78 is 4.71. The van der Waals surface area contributed by atoms with Gasteiger partial charge in [-0.15, -0.1) is 0 Å². The standard InChI is InChI=1S/C11H16N2O3/c1-4-8-7(3)11(13-12-8)9(14)6-10(15)16-5-2/h4-6H2,1-3H3,(H,12,13). The predicted octanol–water partition coefficient (Wildman–Crippen LogP) is 1.42. The number of carbonyl (C=O) groups excluding carboxylic acids is 2. The van der Waals surface area contributed by atoms with Crippen LogP contribution in [0.1, 0.15) is 42.0 Å². The molecule has 16 heavy (non-hydrogen) atoms. The Morgan fingerprint density at radius 1 is 1.38 bits per heavy atom. The highest BCUT2D eigenvalue weighted by Gasteiger charge is 2.18. The second-order valence-electron chi connectivity index (χ2n) is 3.43. The Labute approximate surface area is 94.2 Å².